The monoisotopic (exact) mass is 286 g/mol. The standard InChI is InChI=1S/C15H11ClN2O2/c1-18(12-5-2-10(9-17)3-6-12)15(20)11-4-7-14(19)13(16)8-11/h2-8,19H,1H3. The van der Waals surface area contributed by atoms with Gasteiger partial charge in [-0.25, -0.2) is 0 Å². The highest BCUT2D eigenvalue weighted by atomic mass is 35.5. The minimum atomic E-state index is -0.253. The van der Waals surface area contributed by atoms with Gasteiger partial charge in [-0.15, -0.1) is 0 Å². The van der Waals surface area contributed by atoms with Crippen molar-refractivity contribution in [2.24, 2.45) is 0 Å². The Bertz CT molecular complexity index is 690. The summed E-state index contributed by atoms with van der Waals surface area (Å²) in [6.07, 6.45) is 0. The van der Waals surface area contributed by atoms with Gasteiger partial charge in [0, 0.05) is 18.3 Å². The molecule has 0 aliphatic heterocycles. The zero-order valence-corrected chi connectivity index (χ0v) is 11.4. The molecule has 20 heavy (non-hydrogen) atoms. The predicted octanol–water partition coefficient (Wildman–Crippen LogP) is 3.19. The van der Waals surface area contributed by atoms with E-state index in [1.54, 1.807) is 31.3 Å². The van der Waals surface area contributed by atoms with Crippen molar-refractivity contribution in [2.75, 3.05) is 11.9 Å². The molecule has 0 atom stereocenters. The number of aromatic hydroxyl groups is 1. The molecule has 0 saturated heterocycles. The summed E-state index contributed by atoms with van der Waals surface area (Å²) in [5.74, 6) is -0.319. The minimum Gasteiger partial charge on any atom is -0.506 e. The molecule has 0 bridgehead atoms. The van der Waals surface area contributed by atoms with Gasteiger partial charge < -0.3 is 10.0 Å². The number of hydrogen-bond acceptors (Lipinski definition) is 3. The highest BCUT2D eigenvalue weighted by Gasteiger charge is 2.14. The first kappa shape index (κ1) is 13.9. The summed E-state index contributed by atoms with van der Waals surface area (Å²) in [5.41, 5.74) is 1.57. The van der Waals surface area contributed by atoms with Gasteiger partial charge in [0.05, 0.1) is 16.7 Å². The zero-order chi connectivity index (χ0) is 14.7. The van der Waals surface area contributed by atoms with Crippen LogP contribution in [-0.4, -0.2) is 18.1 Å². The first-order valence-electron chi connectivity index (χ1n) is 5.79. The molecule has 0 heterocycles. The van der Waals surface area contributed by atoms with E-state index in [-0.39, 0.29) is 16.7 Å². The molecule has 0 radical (unpaired) electrons. The molecule has 0 unspecified atom stereocenters. The molecule has 0 fully saturated rings. The van der Waals surface area contributed by atoms with Gasteiger partial charge in [0.1, 0.15) is 5.75 Å². The van der Waals surface area contributed by atoms with Gasteiger partial charge in [0.2, 0.25) is 0 Å². The van der Waals surface area contributed by atoms with E-state index in [2.05, 4.69) is 0 Å². The van der Waals surface area contributed by atoms with Crippen LogP contribution in [0.15, 0.2) is 42.5 Å². The average Bonchev–Trinajstić information content (AvgIpc) is 2.48. The number of phenolic OH excluding ortho intramolecular Hbond substituents is 1. The van der Waals surface area contributed by atoms with Gasteiger partial charge in [-0.1, -0.05) is 11.6 Å². The van der Waals surface area contributed by atoms with Crippen LogP contribution in [0.4, 0.5) is 5.69 Å². The Kier molecular flexibility index (Phi) is 3.92. The number of rotatable bonds is 2. The van der Waals surface area contributed by atoms with Crippen LogP contribution < -0.4 is 4.90 Å². The first-order chi connectivity index (χ1) is 9.52. The van der Waals surface area contributed by atoms with E-state index in [1.165, 1.54) is 23.1 Å². The molecule has 0 spiro atoms. The maximum atomic E-state index is 12.3. The van der Waals surface area contributed by atoms with Crippen LogP contribution in [0, 0.1) is 11.3 Å². The van der Waals surface area contributed by atoms with Crippen LogP contribution in [0.3, 0.4) is 0 Å². The number of phenols is 1. The van der Waals surface area contributed by atoms with Crippen molar-refractivity contribution < 1.29 is 9.90 Å². The number of benzene rings is 2. The second-order valence-electron chi connectivity index (χ2n) is 4.19. The van der Waals surface area contributed by atoms with E-state index in [0.717, 1.165) is 0 Å². The smallest absolute Gasteiger partial charge is 0.258 e. The number of nitrogens with zero attached hydrogens (tertiary/aromatic N) is 2. The highest BCUT2D eigenvalue weighted by Crippen LogP contribution is 2.25. The van der Waals surface area contributed by atoms with E-state index in [9.17, 15) is 9.90 Å². The van der Waals surface area contributed by atoms with Gasteiger partial charge in [-0.2, -0.15) is 5.26 Å². The Hall–Kier alpha value is -2.51. The van der Waals surface area contributed by atoms with E-state index in [0.29, 0.717) is 16.8 Å². The molecule has 0 aliphatic carbocycles. The summed E-state index contributed by atoms with van der Waals surface area (Å²) >= 11 is 5.79. The maximum absolute atomic E-state index is 12.3. The molecule has 2 aromatic carbocycles. The quantitative estimate of drug-likeness (QED) is 0.922. The number of carbonyl (C=O) groups excluding carboxylic acids is 1. The molecule has 2 aromatic rings. The van der Waals surface area contributed by atoms with Crippen LogP contribution in [0.5, 0.6) is 5.75 Å². The molecule has 5 heteroatoms. The van der Waals surface area contributed by atoms with Crippen molar-refractivity contribution in [2.45, 2.75) is 0 Å². The van der Waals surface area contributed by atoms with Crippen molar-refractivity contribution in [3.05, 3.63) is 58.6 Å². The largest absolute Gasteiger partial charge is 0.506 e. The fraction of sp³-hybridized carbons (Fsp3) is 0.0667. The van der Waals surface area contributed by atoms with E-state index in [1.807, 2.05) is 6.07 Å². The number of amides is 1. The van der Waals surface area contributed by atoms with Gasteiger partial charge in [-0.3, -0.25) is 4.79 Å². The van der Waals surface area contributed by atoms with E-state index in [4.69, 9.17) is 16.9 Å². The van der Waals surface area contributed by atoms with Crippen molar-refractivity contribution in [1.29, 1.82) is 5.26 Å². The fourth-order valence-corrected chi connectivity index (χ4v) is 1.89. The van der Waals surface area contributed by atoms with Gasteiger partial charge >= 0.3 is 0 Å². The minimum absolute atomic E-state index is 0.0655. The van der Waals surface area contributed by atoms with E-state index >= 15 is 0 Å². The number of carbonyl (C=O) groups is 1. The van der Waals surface area contributed by atoms with Crippen LogP contribution >= 0.6 is 11.6 Å². The molecule has 1 amide bonds. The summed E-state index contributed by atoms with van der Waals surface area (Å²) in [5, 5.41) is 18.2. The summed E-state index contributed by atoms with van der Waals surface area (Å²) in [7, 11) is 1.63. The topological polar surface area (TPSA) is 64.3 Å². The fourth-order valence-electron chi connectivity index (χ4n) is 1.71. The van der Waals surface area contributed by atoms with Crippen LogP contribution in [0.25, 0.3) is 0 Å². The normalized spacial score (nSPS) is 9.85. The predicted molar refractivity (Wildman–Crippen MR) is 77.0 cm³/mol. The van der Waals surface area contributed by atoms with Crippen molar-refractivity contribution >= 4 is 23.2 Å². The van der Waals surface area contributed by atoms with E-state index < -0.39 is 0 Å². The van der Waals surface area contributed by atoms with Crippen LogP contribution in [0.2, 0.25) is 5.02 Å². The lowest BCUT2D eigenvalue weighted by molar-refractivity contribution is 0.0993. The lowest BCUT2D eigenvalue weighted by Gasteiger charge is -2.17. The molecular weight excluding hydrogens is 276 g/mol. The Morgan fingerprint density at radius 3 is 2.45 bits per heavy atom. The number of hydrogen-bond donors (Lipinski definition) is 1. The maximum Gasteiger partial charge on any atom is 0.258 e. The summed E-state index contributed by atoms with van der Waals surface area (Å²) in [6, 6.07) is 13.0. The molecule has 0 aliphatic rings. The van der Waals surface area contributed by atoms with Gasteiger partial charge in [-0.05, 0) is 42.5 Å². The summed E-state index contributed by atoms with van der Waals surface area (Å²) in [6.45, 7) is 0. The summed E-state index contributed by atoms with van der Waals surface area (Å²) in [4.78, 5) is 13.7. The van der Waals surface area contributed by atoms with Crippen LogP contribution in [-0.2, 0) is 0 Å². The molecule has 0 saturated carbocycles. The second-order valence-corrected chi connectivity index (χ2v) is 4.60. The van der Waals surface area contributed by atoms with Gasteiger partial charge in [0.15, 0.2) is 0 Å². The molecule has 100 valence electrons. The Labute approximate surface area is 121 Å². The highest BCUT2D eigenvalue weighted by molar-refractivity contribution is 6.32. The average molecular weight is 287 g/mol. The lowest BCUT2D eigenvalue weighted by atomic mass is 10.1. The second kappa shape index (κ2) is 5.64. The Morgan fingerprint density at radius 1 is 1.25 bits per heavy atom. The summed E-state index contributed by atoms with van der Waals surface area (Å²) < 4.78 is 0. The third-order valence-electron chi connectivity index (χ3n) is 2.88. The zero-order valence-electron chi connectivity index (χ0n) is 10.7. The van der Waals surface area contributed by atoms with Gasteiger partial charge in [0.25, 0.3) is 5.91 Å². The molecular formula is C15H11ClN2O2. The van der Waals surface area contributed by atoms with Crippen LogP contribution in [0.1, 0.15) is 15.9 Å². The third kappa shape index (κ3) is 2.73. The Balaban J connectivity index is 2.27. The number of halogens is 1. The first-order valence-corrected chi connectivity index (χ1v) is 6.17. The third-order valence-corrected chi connectivity index (χ3v) is 3.19. The van der Waals surface area contributed by atoms with Crippen molar-refractivity contribution in [3.63, 3.8) is 0 Å². The lowest BCUT2D eigenvalue weighted by Crippen LogP contribution is -2.26. The number of anilines is 1. The molecule has 0 aromatic heterocycles. The van der Waals surface area contributed by atoms with Crippen molar-refractivity contribution in [3.8, 4) is 11.8 Å². The SMILES string of the molecule is CN(C(=O)c1ccc(O)c(Cl)c1)c1ccc(C#N)cc1. The number of nitriles is 1. The van der Waals surface area contributed by atoms with Crippen molar-refractivity contribution in [1.82, 2.24) is 0 Å². The molecule has 1 N–H and O–H groups in total. The molecule has 4 nitrogen and oxygen atoms in total. The molecule has 2 rings (SSSR count). The Morgan fingerprint density at radius 2 is 1.90 bits per heavy atom.